The van der Waals surface area contributed by atoms with Crippen LogP contribution in [0.3, 0.4) is 0 Å². The Kier molecular flexibility index (Phi) is 3.11. The van der Waals surface area contributed by atoms with Gasteiger partial charge in [0, 0.05) is 29.6 Å². The molecule has 1 aromatic rings. The van der Waals surface area contributed by atoms with Gasteiger partial charge in [-0.1, -0.05) is 6.07 Å². The second kappa shape index (κ2) is 4.53. The van der Waals surface area contributed by atoms with Crippen molar-refractivity contribution in [1.29, 1.82) is 0 Å². The number of nitro groups is 1. The van der Waals surface area contributed by atoms with E-state index in [1.165, 1.54) is 11.8 Å². The molecule has 1 aliphatic rings. The van der Waals surface area contributed by atoms with E-state index in [9.17, 15) is 10.1 Å². The van der Waals surface area contributed by atoms with Crippen molar-refractivity contribution < 1.29 is 4.92 Å². The van der Waals surface area contributed by atoms with E-state index in [0.29, 0.717) is 6.04 Å². The predicted molar refractivity (Wildman–Crippen MR) is 62.4 cm³/mol. The minimum atomic E-state index is -0.366. The molecule has 0 amide bonds. The second-order valence-corrected chi connectivity index (χ2v) is 4.66. The molecule has 2 rings (SSSR count). The fourth-order valence-electron chi connectivity index (χ4n) is 1.59. The van der Waals surface area contributed by atoms with Crippen molar-refractivity contribution in [3.63, 3.8) is 0 Å². The standard InChI is InChI=1S/C10H12N2O2S/c13-12(14)10-3-1-2-8(6-10)11-9-4-5-15-7-9/h1-3,6,9,11H,4-5,7H2. The molecule has 5 heteroatoms. The summed E-state index contributed by atoms with van der Waals surface area (Å²) in [5.41, 5.74) is 0.988. The summed E-state index contributed by atoms with van der Waals surface area (Å²) < 4.78 is 0. The third kappa shape index (κ3) is 2.62. The van der Waals surface area contributed by atoms with E-state index in [4.69, 9.17) is 0 Å². The summed E-state index contributed by atoms with van der Waals surface area (Å²) in [6.07, 6.45) is 1.13. The third-order valence-electron chi connectivity index (χ3n) is 2.36. The number of thioether (sulfide) groups is 1. The number of nitro benzene ring substituents is 1. The molecule has 0 saturated carbocycles. The molecule has 0 aromatic heterocycles. The van der Waals surface area contributed by atoms with Crippen LogP contribution in [-0.2, 0) is 0 Å². The van der Waals surface area contributed by atoms with E-state index in [2.05, 4.69) is 5.32 Å². The maximum atomic E-state index is 10.6. The Balaban J connectivity index is 2.07. The molecular weight excluding hydrogens is 212 g/mol. The summed E-state index contributed by atoms with van der Waals surface area (Å²) in [5.74, 6) is 2.26. The Hall–Kier alpha value is -1.23. The van der Waals surface area contributed by atoms with Gasteiger partial charge in [0.25, 0.3) is 5.69 Å². The van der Waals surface area contributed by atoms with Crippen molar-refractivity contribution in [2.75, 3.05) is 16.8 Å². The molecule has 80 valence electrons. The summed E-state index contributed by atoms with van der Waals surface area (Å²) in [7, 11) is 0. The van der Waals surface area contributed by atoms with Gasteiger partial charge in [-0.05, 0) is 18.2 Å². The predicted octanol–water partition coefficient (Wildman–Crippen LogP) is 2.51. The second-order valence-electron chi connectivity index (χ2n) is 3.51. The highest BCUT2D eigenvalue weighted by atomic mass is 32.2. The van der Waals surface area contributed by atoms with Gasteiger partial charge in [0.05, 0.1) is 4.92 Å². The van der Waals surface area contributed by atoms with Crippen LogP contribution in [0.1, 0.15) is 6.42 Å². The lowest BCUT2D eigenvalue weighted by atomic mass is 10.2. The number of nitrogens with zero attached hydrogens (tertiary/aromatic N) is 1. The normalized spacial score (nSPS) is 20.1. The summed E-state index contributed by atoms with van der Waals surface area (Å²) in [5, 5.41) is 13.9. The molecule has 4 nitrogen and oxygen atoms in total. The van der Waals surface area contributed by atoms with E-state index >= 15 is 0 Å². The molecule has 15 heavy (non-hydrogen) atoms. The number of nitrogens with one attached hydrogen (secondary N) is 1. The van der Waals surface area contributed by atoms with E-state index < -0.39 is 0 Å². The largest absolute Gasteiger partial charge is 0.381 e. The third-order valence-corrected chi connectivity index (χ3v) is 3.52. The van der Waals surface area contributed by atoms with Gasteiger partial charge in [-0.2, -0.15) is 11.8 Å². The Labute approximate surface area is 92.2 Å². The Morgan fingerprint density at radius 1 is 1.53 bits per heavy atom. The van der Waals surface area contributed by atoms with Crippen molar-refractivity contribution in [1.82, 2.24) is 0 Å². The molecular formula is C10H12N2O2S. The summed E-state index contributed by atoms with van der Waals surface area (Å²) in [6.45, 7) is 0. The quantitative estimate of drug-likeness (QED) is 0.633. The fourth-order valence-corrected chi connectivity index (χ4v) is 2.75. The van der Waals surface area contributed by atoms with Gasteiger partial charge in [0.2, 0.25) is 0 Å². The molecule has 1 aromatic carbocycles. The number of anilines is 1. The smallest absolute Gasteiger partial charge is 0.271 e. The highest BCUT2D eigenvalue weighted by Gasteiger charge is 2.15. The molecule has 0 aliphatic carbocycles. The molecule has 1 heterocycles. The topological polar surface area (TPSA) is 55.2 Å². The zero-order valence-corrected chi connectivity index (χ0v) is 9.00. The Bertz CT molecular complexity index is 364. The first-order chi connectivity index (χ1) is 7.25. The van der Waals surface area contributed by atoms with Gasteiger partial charge >= 0.3 is 0 Å². The lowest BCUT2D eigenvalue weighted by Crippen LogP contribution is -2.17. The van der Waals surface area contributed by atoms with Crippen LogP contribution < -0.4 is 5.32 Å². The molecule has 1 saturated heterocycles. The summed E-state index contributed by atoms with van der Waals surface area (Å²) in [4.78, 5) is 10.2. The van der Waals surface area contributed by atoms with Crippen LogP contribution in [0, 0.1) is 10.1 Å². The molecule has 1 N–H and O–H groups in total. The van der Waals surface area contributed by atoms with Crippen LogP contribution in [0.25, 0.3) is 0 Å². The molecule has 0 spiro atoms. The lowest BCUT2D eigenvalue weighted by Gasteiger charge is -2.12. The number of hydrogen-bond donors (Lipinski definition) is 1. The monoisotopic (exact) mass is 224 g/mol. The first-order valence-electron chi connectivity index (χ1n) is 4.84. The SMILES string of the molecule is O=[N+]([O-])c1cccc(NC2CCSC2)c1. The maximum Gasteiger partial charge on any atom is 0.271 e. The van der Waals surface area contributed by atoms with E-state index in [0.717, 1.165) is 17.9 Å². The average Bonchev–Trinajstić information content (AvgIpc) is 2.71. The van der Waals surface area contributed by atoms with Crippen LogP contribution in [-0.4, -0.2) is 22.5 Å². The van der Waals surface area contributed by atoms with Crippen LogP contribution in [0.5, 0.6) is 0 Å². The highest BCUT2D eigenvalue weighted by Crippen LogP contribution is 2.23. The van der Waals surface area contributed by atoms with Gasteiger partial charge in [0.15, 0.2) is 0 Å². The van der Waals surface area contributed by atoms with Crippen molar-refractivity contribution in [3.05, 3.63) is 34.4 Å². The van der Waals surface area contributed by atoms with Crippen LogP contribution in [0.2, 0.25) is 0 Å². The number of benzene rings is 1. The van der Waals surface area contributed by atoms with Crippen LogP contribution in [0.15, 0.2) is 24.3 Å². The highest BCUT2D eigenvalue weighted by molar-refractivity contribution is 7.99. The van der Waals surface area contributed by atoms with Gasteiger partial charge in [0.1, 0.15) is 0 Å². The van der Waals surface area contributed by atoms with Crippen molar-refractivity contribution in [2.45, 2.75) is 12.5 Å². The van der Waals surface area contributed by atoms with Crippen LogP contribution in [0.4, 0.5) is 11.4 Å². The van der Waals surface area contributed by atoms with Gasteiger partial charge < -0.3 is 5.32 Å². The minimum Gasteiger partial charge on any atom is -0.381 e. The van der Waals surface area contributed by atoms with Crippen molar-refractivity contribution in [2.24, 2.45) is 0 Å². The van der Waals surface area contributed by atoms with Gasteiger partial charge in [-0.3, -0.25) is 10.1 Å². The molecule has 0 bridgehead atoms. The molecule has 0 radical (unpaired) electrons. The van der Waals surface area contributed by atoms with Crippen molar-refractivity contribution >= 4 is 23.1 Å². The number of rotatable bonds is 3. The molecule has 1 aliphatic heterocycles. The lowest BCUT2D eigenvalue weighted by molar-refractivity contribution is -0.384. The summed E-state index contributed by atoms with van der Waals surface area (Å²) in [6, 6.07) is 7.13. The molecule has 1 unspecified atom stereocenters. The van der Waals surface area contributed by atoms with E-state index in [-0.39, 0.29) is 10.6 Å². The average molecular weight is 224 g/mol. The number of hydrogen-bond acceptors (Lipinski definition) is 4. The van der Waals surface area contributed by atoms with Crippen molar-refractivity contribution in [3.8, 4) is 0 Å². The van der Waals surface area contributed by atoms with Gasteiger partial charge in [-0.25, -0.2) is 0 Å². The van der Waals surface area contributed by atoms with E-state index in [1.54, 1.807) is 12.1 Å². The van der Waals surface area contributed by atoms with Gasteiger partial charge in [-0.15, -0.1) is 0 Å². The Morgan fingerprint density at radius 2 is 2.40 bits per heavy atom. The van der Waals surface area contributed by atoms with Crippen LogP contribution >= 0.6 is 11.8 Å². The maximum absolute atomic E-state index is 10.6. The van der Waals surface area contributed by atoms with E-state index in [1.807, 2.05) is 17.8 Å². The Morgan fingerprint density at radius 3 is 3.07 bits per heavy atom. The minimum absolute atomic E-state index is 0.144. The first kappa shape index (κ1) is 10.3. The molecule has 1 fully saturated rings. The summed E-state index contributed by atoms with van der Waals surface area (Å²) >= 11 is 1.92. The zero-order valence-electron chi connectivity index (χ0n) is 8.18. The molecule has 1 atom stereocenters. The number of non-ortho nitro benzene ring substituents is 1. The first-order valence-corrected chi connectivity index (χ1v) is 6.00. The fraction of sp³-hybridized carbons (Fsp3) is 0.400. The zero-order chi connectivity index (χ0) is 10.7.